The van der Waals surface area contributed by atoms with Crippen molar-refractivity contribution in [2.45, 2.75) is 6.92 Å². The molecule has 0 unspecified atom stereocenters. The van der Waals surface area contributed by atoms with Crippen LogP contribution in [-0.4, -0.2) is 18.3 Å². The molecular formula is C22H17ClFNO4. The van der Waals surface area contributed by atoms with E-state index >= 15 is 0 Å². The summed E-state index contributed by atoms with van der Waals surface area (Å²) in [7, 11) is 0. The molecule has 0 atom stereocenters. The summed E-state index contributed by atoms with van der Waals surface area (Å²) in [6.45, 7) is 0.966. The van der Waals surface area contributed by atoms with Gasteiger partial charge < -0.3 is 14.8 Å². The molecule has 3 aromatic carbocycles. The highest BCUT2D eigenvalue weighted by Gasteiger charge is 2.10. The highest BCUT2D eigenvalue weighted by molar-refractivity contribution is 6.32. The zero-order valence-electron chi connectivity index (χ0n) is 15.4. The van der Waals surface area contributed by atoms with Crippen LogP contribution in [0, 0.1) is 5.82 Å². The number of rotatable bonds is 7. The Hall–Kier alpha value is -3.38. The number of nitrogens with one attached hydrogen (secondary N) is 1. The number of hydrogen-bond donors (Lipinski definition) is 1. The summed E-state index contributed by atoms with van der Waals surface area (Å²) in [5.74, 6) is -0.235. The van der Waals surface area contributed by atoms with Crippen molar-refractivity contribution in [3.8, 4) is 17.2 Å². The van der Waals surface area contributed by atoms with Crippen molar-refractivity contribution in [3.63, 3.8) is 0 Å². The van der Waals surface area contributed by atoms with Gasteiger partial charge in [-0.1, -0.05) is 23.7 Å². The standard InChI is InChI=1S/C22H17ClFNO4/c1-14(26)18-11-10-17(12-20(18)24)28-13-22(27)25-15-6-8-16(9-7-15)29-21-5-3-2-4-19(21)23/h2-12H,13H2,1H3,(H,25,27). The highest BCUT2D eigenvalue weighted by Crippen LogP contribution is 2.29. The van der Waals surface area contributed by atoms with Crippen LogP contribution in [0.2, 0.25) is 5.02 Å². The third kappa shape index (κ3) is 5.56. The molecule has 0 radical (unpaired) electrons. The Bertz CT molecular complexity index is 1040. The number of amides is 1. The van der Waals surface area contributed by atoms with Gasteiger partial charge in [-0.05, 0) is 55.5 Å². The average Bonchev–Trinajstić information content (AvgIpc) is 2.69. The van der Waals surface area contributed by atoms with Gasteiger partial charge in [-0.15, -0.1) is 0 Å². The average molecular weight is 414 g/mol. The number of carbonyl (C=O) groups excluding carboxylic acids is 2. The molecule has 3 aromatic rings. The molecule has 3 rings (SSSR count). The van der Waals surface area contributed by atoms with Crippen LogP contribution in [0.25, 0.3) is 0 Å². The molecule has 1 amide bonds. The van der Waals surface area contributed by atoms with Crippen LogP contribution in [0.4, 0.5) is 10.1 Å². The fraction of sp³-hybridized carbons (Fsp3) is 0.0909. The first-order valence-electron chi connectivity index (χ1n) is 8.68. The van der Waals surface area contributed by atoms with Gasteiger partial charge in [0.2, 0.25) is 0 Å². The number of benzene rings is 3. The van der Waals surface area contributed by atoms with Crippen LogP contribution in [0.5, 0.6) is 17.2 Å². The van der Waals surface area contributed by atoms with Crippen LogP contribution >= 0.6 is 11.6 Å². The maximum Gasteiger partial charge on any atom is 0.262 e. The largest absolute Gasteiger partial charge is 0.484 e. The van der Waals surface area contributed by atoms with E-state index in [-0.39, 0.29) is 23.7 Å². The van der Waals surface area contributed by atoms with Gasteiger partial charge in [-0.25, -0.2) is 4.39 Å². The lowest BCUT2D eigenvalue weighted by atomic mass is 10.1. The van der Waals surface area contributed by atoms with Gasteiger partial charge in [0, 0.05) is 11.8 Å². The minimum Gasteiger partial charge on any atom is -0.484 e. The van der Waals surface area contributed by atoms with Crippen molar-refractivity contribution in [2.24, 2.45) is 0 Å². The summed E-state index contributed by atoms with van der Waals surface area (Å²) in [6, 6.07) is 17.7. The summed E-state index contributed by atoms with van der Waals surface area (Å²) >= 11 is 6.06. The van der Waals surface area contributed by atoms with E-state index in [9.17, 15) is 14.0 Å². The number of anilines is 1. The fourth-order valence-corrected chi connectivity index (χ4v) is 2.65. The third-order valence-electron chi connectivity index (χ3n) is 3.89. The maximum atomic E-state index is 13.8. The van der Waals surface area contributed by atoms with E-state index < -0.39 is 11.7 Å². The predicted octanol–water partition coefficient (Wildman–Crippen LogP) is 5.49. The Morgan fingerprint density at radius 3 is 2.34 bits per heavy atom. The quantitative estimate of drug-likeness (QED) is 0.520. The Labute approximate surface area is 172 Å². The Balaban J connectivity index is 1.54. The molecular weight excluding hydrogens is 397 g/mol. The van der Waals surface area contributed by atoms with Gasteiger partial charge in [0.05, 0.1) is 10.6 Å². The van der Waals surface area contributed by atoms with Gasteiger partial charge in [0.1, 0.15) is 23.1 Å². The minimum absolute atomic E-state index is 0.0269. The van der Waals surface area contributed by atoms with Crippen molar-refractivity contribution in [1.82, 2.24) is 0 Å². The van der Waals surface area contributed by atoms with Gasteiger partial charge in [0.15, 0.2) is 12.4 Å². The first-order chi connectivity index (χ1) is 13.9. The van der Waals surface area contributed by atoms with E-state index in [1.54, 1.807) is 36.4 Å². The molecule has 29 heavy (non-hydrogen) atoms. The zero-order chi connectivity index (χ0) is 20.8. The summed E-state index contributed by atoms with van der Waals surface area (Å²) < 4.78 is 24.7. The molecule has 0 heterocycles. The van der Waals surface area contributed by atoms with Gasteiger partial charge >= 0.3 is 0 Å². The van der Waals surface area contributed by atoms with E-state index in [4.69, 9.17) is 21.1 Å². The van der Waals surface area contributed by atoms with Crippen LogP contribution in [0.15, 0.2) is 66.7 Å². The molecule has 0 aromatic heterocycles. The number of ether oxygens (including phenoxy) is 2. The SMILES string of the molecule is CC(=O)c1ccc(OCC(=O)Nc2ccc(Oc3ccccc3Cl)cc2)cc1F. The summed E-state index contributed by atoms with van der Waals surface area (Å²) in [6.07, 6.45) is 0. The van der Waals surface area contributed by atoms with Crippen molar-refractivity contribution in [2.75, 3.05) is 11.9 Å². The molecule has 148 valence electrons. The molecule has 1 N–H and O–H groups in total. The minimum atomic E-state index is -0.690. The lowest BCUT2D eigenvalue weighted by Crippen LogP contribution is -2.20. The first kappa shape index (κ1) is 20.4. The predicted molar refractivity (Wildman–Crippen MR) is 108 cm³/mol. The molecule has 0 aliphatic carbocycles. The number of hydrogen-bond acceptors (Lipinski definition) is 4. The van der Waals surface area contributed by atoms with E-state index in [1.807, 2.05) is 12.1 Å². The summed E-state index contributed by atoms with van der Waals surface area (Å²) in [5, 5.41) is 3.16. The fourth-order valence-electron chi connectivity index (χ4n) is 2.48. The zero-order valence-corrected chi connectivity index (χ0v) is 16.2. The van der Waals surface area contributed by atoms with E-state index in [2.05, 4.69) is 5.32 Å². The number of para-hydroxylation sites is 1. The maximum absolute atomic E-state index is 13.8. The van der Waals surface area contributed by atoms with Crippen LogP contribution in [0.1, 0.15) is 17.3 Å². The smallest absolute Gasteiger partial charge is 0.262 e. The molecule has 0 fully saturated rings. The van der Waals surface area contributed by atoms with Crippen LogP contribution in [-0.2, 0) is 4.79 Å². The van der Waals surface area contributed by atoms with Gasteiger partial charge in [-0.2, -0.15) is 0 Å². The molecule has 0 aliphatic heterocycles. The second-order valence-corrected chi connectivity index (χ2v) is 6.50. The molecule has 0 spiro atoms. The van der Waals surface area contributed by atoms with Crippen LogP contribution < -0.4 is 14.8 Å². The number of ketones is 1. The molecule has 0 aliphatic rings. The number of halogens is 2. The normalized spacial score (nSPS) is 10.3. The van der Waals surface area contributed by atoms with E-state index in [0.29, 0.717) is 22.2 Å². The Kier molecular flexibility index (Phi) is 6.46. The second kappa shape index (κ2) is 9.21. The van der Waals surface area contributed by atoms with Crippen molar-refractivity contribution in [1.29, 1.82) is 0 Å². The molecule has 5 nitrogen and oxygen atoms in total. The first-order valence-corrected chi connectivity index (χ1v) is 9.06. The summed E-state index contributed by atoms with van der Waals surface area (Å²) in [4.78, 5) is 23.3. The van der Waals surface area contributed by atoms with Gasteiger partial charge in [0.25, 0.3) is 5.91 Å². The van der Waals surface area contributed by atoms with Crippen molar-refractivity contribution < 1.29 is 23.5 Å². The van der Waals surface area contributed by atoms with Crippen molar-refractivity contribution in [3.05, 3.63) is 83.1 Å². The monoisotopic (exact) mass is 413 g/mol. The second-order valence-electron chi connectivity index (χ2n) is 6.09. The number of carbonyl (C=O) groups is 2. The number of Topliss-reactive ketones (excluding diaryl/α,β-unsaturated/α-hetero) is 1. The third-order valence-corrected chi connectivity index (χ3v) is 4.20. The Morgan fingerprint density at radius 1 is 1.00 bits per heavy atom. The molecule has 0 saturated heterocycles. The van der Waals surface area contributed by atoms with E-state index in [0.717, 1.165) is 6.07 Å². The highest BCUT2D eigenvalue weighted by atomic mass is 35.5. The lowest BCUT2D eigenvalue weighted by Gasteiger charge is -2.10. The van der Waals surface area contributed by atoms with Crippen LogP contribution in [0.3, 0.4) is 0 Å². The topological polar surface area (TPSA) is 64.6 Å². The Morgan fingerprint density at radius 2 is 1.69 bits per heavy atom. The van der Waals surface area contributed by atoms with Crippen molar-refractivity contribution >= 4 is 29.0 Å². The molecule has 0 saturated carbocycles. The molecule has 7 heteroatoms. The summed E-state index contributed by atoms with van der Waals surface area (Å²) in [5.41, 5.74) is 0.518. The van der Waals surface area contributed by atoms with Gasteiger partial charge in [-0.3, -0.25) is 9.59 Å². The molecule has 0 bridgehead atoms. The lowest BCUT2D eigenvalue weighted by molar-refractivity contribution is -0.118. The van der Waals surface area contributed by atoms with E-state index in [1.165, 1.54) is 19.1 Å².